The Bertz CT molecular complexity index is 558. The number of carbonyl (C=O) groups is 1. The number of hydrogen-bond acceptors (Lipinski definition) is 3. The predicted octanol–water partition coefficient (Wildman–Crippen LogP) is 3.03. The number of hydrogen-bond donors (Lipinski definition) is 3. The van der Waals surface area contributed by atoms with E-state index in [4.69, 9.17) is 0 Å². The zero-order chi connectivity index (χ0) is 17.5. The molecule has 1 saturated heterocycles. The Balaban J connectivity index is 1.47. The maximum absolute atomic E-state index is 12.1. The van der Waals surface area contributed by atoms with Crippen LogP contribution in [0.25, 0.3) is 0 Å². The van der Waals surface area contributed by atoms with Crippen molar-refractivity contribution >= 4 is 11.7 Å². The summed E-state index contributed by atoms with van der Waals surface area (Å²) in [5.74, 6) is 0.398. The van der Waals surface area contributed by atoms with E-state index >= 15 is 0 Å². The molecule has 1 aromatic rings. The van der Waals surface area contributed by atoms with Crippen LogP contribution in [-0.2, 0) is 6.54 Å². The third-order valence-electron chi connectivity index (χ3n) is 5.43. The van der Waals surface area contributed by atoms with Gasteiger partial charge in [0.25, 0.3) is 0 Å². The fourth-order valence-corrected chi connectivity index (χ4v) is 4.03. The molecule has 1 heterocycles. The fraction of sp³-hybridized carbons (Fsp3) is 0.650. The Kier molecular flexibility index (Phi) is 6.56. The Labute approximate surface area is 150 Å². The maximum atomic E-state index is 12.1. The number of carbonyl (C=O) groups excluding carboxylic acids is 1. The average molecular weight is 345 g/mol. The van der Waals surface area contributed by atoms with Crippen LogP contribution in [0.4, 0.5) is 10.5 Å². The van der Waals surface area contributed by atoms with E-state index in [1.165, 1.54) is 30.5 Å². The van der Waals surface area contributed by atoms with Crippen molar-refractivity contribution in [2.45, 2.75) is 57.6 Å². The summed E-state index contributed by atoms with van der Waals surface area (Å²) in [5, 5.41) is 15.7. The van der Waals surface area contributed by atoms with Crippen molar-refractivity contribution in [1.82, 2.24) is 10.6 Å². The number of aliphatic hydroxyl groups excluding tert-OH is 1. The number of anilines is 1. The normalized spacial score (nSPS) is 24.0. The molecule has 3 rings (SSSR count). The van der Waals surface area contributed by atoms with Gasteiger partial charge in [0.05, 0.1) is 6.10 Å². The highest BCUT2D eigenvalue weighted by molar-refractivity contribution is 5.74. The van der Waals surface area contributed by atoms with E-state index < -0.39 is 0 Å². The van der Waals surface area contributed by atoms with E-state index in [9.17, 15) is 9.90 Å². The molecule has 138 valence electrons. The molecular weight excluding hydrogens is 314 g/mol. The van der Waals surface area contributed by atoms with Gasteiger partial charge >= 0.3 is 6.03 Å². The van der Waals surface area contributed by atoms with Crippen molar-refractivity contribution in [3.05, 3.63) is 29.8 Å². The standard InChI is InChI=1S/C20H31N3O2/c24-18-9-6-7-16(13-18)14-21-20(25)22-15-17-8-2-3-10-19(17)23-11-4-1-5-12-23/h2-3,8,10,16,18,24H,1,4-7,9,11-15H2,(H2,21,22,25)/t16-,18+/m1/s1. The number of piperidine rings is 1. The molecule has 1 aromatic carbocycles. The number of amides is 2. The maximum Gasteiger partial charge on any atom is 0.315 e. The van der Waals surface area contributed by atoms with Crippen molar-refractivity contribution in [3.63, 3.8) is 0 Å². The van der Waals surface area contributed by atoms with Gasteiger partial charge in [0.2, 0.25) is 0 Å². The molecule has 0 radical (unpaired) electrons. The van der Waals surface area contributed by atoms with E-state index in [1.807, 2.05) is 6.07 Å². The van der Waals surface area contributed by atoms with Gasteiger partial charge in [0.15, 0.2) is 0 Å². The van der Waals surface area contributed by atoms with Gasteiger partial charge in [-0.15, -0.1) is 0 Å². The molecule has 1 aliphatic heterocycles. The highest BCUT2D eigenvalue weighted by Crippen LogP contribution is 2.24. The molecule has 2 amide bonds. The van der Waals surface area contributed by atoms with E-state index in [-0.39, 0.29) is 12.1 Å². The molecule has 5 nitrogen and oxygen atoms in total. The van der Waals surface area contributed by atoms with Gasteiger partial charge in [0.1, 0.15) is 0 Å². The van der Waals surface area contributed by atoms with Crippen LogP contribution in [0, 0.1) is 5.92 Å². The molecule has 0 bridgehead atoms. The van der Waals surface area contributed by atoms with Crippen molar-refractivity contribution in [2.24, 2.45) is 5.92 Å². The van der Waals surface area contributed by atoms with Crippen LogP contribution in [0.15, 0.2) is 24.3 Å². The zero-order valence-corrected chi connectivity index (χ0v) is 15.0. The molecule has 1 saturated carbocycles. The lowest BCUT2D eigenvalue weighted by molar-refractivity contribution is 0.101. The van der Waals surface area contributed by atoms with Crippen molar-refractivity contribution < 1.29 is 9.90 Å². The summed E-state index contributed by atoms with van der Waals surface area (Å²) in [6, 6.07) is 8.24. The first-order valence-corrected chi connectivity index (χ1v) is 9.75. The smallest absolute Gasteiger partial charge is 0.315 e. The van der Waals surface area contributed by atoms with E-state index in [1.54, 1.807) is 0 Å². The second-order valence-corrected chi connectivity index (χ2v) is 7.43. The second kappa shape index (κ2) is 9.09. The topological polar surface area (TPSA) is 64.6 Å². The van der Waals surface area contributed by atoms with Crippen molar-refractivity contribution in [1.29, 1.82) is 0 Å². The summed E-state index contributed by atoms with van der Waals surface area (Å²) < 4.78 is 0. The summed E-state index contributed by atoms with van der Waals surface area (Å²) >= 11 is 0. The quantitative estimate of drug-likeness (QED) is 0.768. The molecule has 1 aliphatic carbocycles. The summed E-state index contributed by atoms with van der Waals surface area (Å²) in [4.78, 5) is 14.6. The minimum Gasteiger partial charge on any atom is -0.393 e. The number of para-hydroxylation sites is 1. The number of aliphatic hydroxyl groups is 1. The molecule has 2 fully saturated rings. The van der Waals surface area contributed by atoms with Crippen LogP contribution in [0.5, 0.6) is 0 Å². The lowest BCUT2D eigenvalue weighted by Crippen LogP contribution is -2.39. The molecule has 2 aliphatic rings. The number of nitrogens with zero attached hydrogens (tertiary/aromatic N) is 1. The van der Waals surface area contributed by atoms with Gasteiger partial charge in [-0.2, -0.15) is 0 Å². The van der Waals surface area contributed by atoms with E-state index in [2.05, 4.69) is 33.7 Å². The molecule has 5 heteroatoms. The van der Waals surface area contributed by atoms with Gasteiger partial charge in [0, 0.05) is 31.9 Å². The average Bonchev–Trinajstić information content (AvgIpc) is 2.66. The highest BCUT2D eigenvalue weighted by Gasteiger charge is 2.20. The molecule has 3 N–H and O–H groups in total. The summed E-state index contributed by atoms with van der Waals surface area (Å²) in [6.45, 7) is 3.41. The van der Waals surface area contributed by atoms with Gasteiger partial charge in [-0.1, -0.05) is 24.6 Å². The fourth-order valence-electron chi connectivity index (χ4n) is 4.03. The monoisotopic (exact) mass is 345 g/mol. The molecule has 0 spiro atoms. The molecule has 0 unspecified atom stereocenters. The summed E-state index contributed by atoms with van der Waals surface area (Å²) in [5.41, 5.74) is 2.42. The predicted molar refractivity (Wildman–Crippen MR) is 101 cm³/mol. The second-order valence-electron chi connectivity index (χ2n) is 7.43. The third kappa shape index (κ3) is 5.36. The Morgan fingerprint density at radius 3 is 2.68 bits per heavy atom. The van der Waals surface area contributed by atoms with Crippen LogP contribution >= 0.6 is 0 Å². The zero-order valence-electron chi connectivity index (χ0n) is 15.0. The molecule has 0 aromatic heterocycles. The third-order valence-corrected chi connectivity index (χ3v) is 5.43. The Morgan fingerprint density at radius 1 is 1.08 bits per heavy atom. The minimum absolute atomic E-state index is 0.117. The highest BCUT2D eigenvalue weighted by atomic mass is 16.3. The minimum atomic E-state index is -0.194. The molecule has 2 atom stereocenters. The Hall–Kier alpha value is -1.75. The van der Waals surface area contributed by atoms with Crippen LogP contribution in [-0.4, -0.2) is 36.9 Å². The van der Waals surface area contributed by atoms with E-state index in [0.29, 0.717) is 19.0 Å². The first-order chi connectivity index (χ1) is 12.2. The van der Waals surface area contributed by atoms with Gasteiger partial charge in [-0.05, 0) is 56.1 Å². The molecular formula is C20H31N3O2. The number of urea groups is 1. The van der Waals surface area contributed by atoms with Gasteiger partial charge in [-0.3, -0.25) is 0 Å². The van der Waals surface area contributed by atoms with Crippen LogP contribution < -0.4 is 15.5 Å². The number of rotatable bonds is 5. The first kappa shape index (κ1) is 18.1. The van der Waals surface area contributed by atoms with Gasteiger partial charge in [-0.25, -0.2) is 4.79 Å². The van der Waals surface area contributed by atoms with Gasteiger partial charge < -0.3 is 20.6 Å². The number of benzene rings is 1. The number of nitrogens with one attached hydrogen (secondary N) is 2. The largest absolute Gasteiger partial charge is 0.393 e. The Morgan fingerprint density at radius 2 is 1.88 bits per heavy atom. The van der Waals surface area contributed by atoms with E-state index in [0.717, 1.165) is 38.8 Å². The van der Waals surface area contributed by atoms with Crippen LogP contribution in [0.3, 0.4) is 0 Å². The first-order valence-electron chi connectivity index (χ1n) is 9.75. The van der Waals surface area contributed by atoms with Crippen molar-refractivity contribution in [3.8, 4) is 0 Å². The molecule has 25 heavy (non-hydrogen) atoms. The lowest BCUT2D eigenvalue weighted by atomic mass is 9.87. The summed E-state index contributed by atoms with van der Waals surface area (Å²) in [7, 11) is 0. The van der Waals surface area contributed by atoms with Crippen LogP contribution in [0.2, 0.25) is 0 Å². The van der Waals surface area contributed by atoms with Crippen molar-refractivity contribution in [2.75, 3.05) is 24.5 Å². The summed E-state index contributed by atoms with van der Waals surface area (Å²) in [6.07, 6.45) is 7.46. The van der Waals surface area contributed by atoms with Crippen LogP contribution in [0.1, 0.15) is 50.5 Å². The lowest BCUT2D eigenvalue weighted by Gasteiger charge is -2.30. The SMILES string of the molecule is O=C(NCc1ccccc1N1CCCCC1)NC[C@@H]1CCC[C@H](O)C1.